The van der Waals surface area contributed by atoms with Crippen molar-refractivity contribution in [3.63, 3.8) is 0 Å². The van der Waals surface area contributed by atoms with Crippen LogP contribution in [0.25, 0.3) is 22.9 Å². The molecule has 0 atom stereocenters. The van der Waals surface area contributed by atoms with E-state index in [1.165, 1.54) is 0 Å². The molecule has 0 fully saturated rings. The minimum Gasteiger partial charge on any atom is -0.481 e. The van der Waals surface area contributed by atoms with Gasteiger partial charge in [0, 0.05) is 11.8 Å². The summed E-state index contributed by atoms with van der Waals surface area (Å²) in [5.74, 6) is 0.723. The number of benzene rings is 1. The zero-order valence-corrected chi connectivity index (χ0v) is 14.4. The van der Waals surface area contributed by atoms with E-state index < -0.39 is 5.97 Å². The van der Waals surface area contributed by atoms with Gasteiger partial charge in [0.2, 0.25) is 5.16 Å². The van der Waals surface area contributed by atoms with Gasteiger partial charge in [0.25, 0.3) is 0 Å². The average molecular weight is 366 g/mol. The zero-order valence-electron chi connectivity index (χ0n) is 13.5. The van der Waals surface area contributed by atoms with Crippen molar-refractivity contribution in [3.8, 4) is 22.9 Å². The van der Waals surface area contributed by atoms with Crippen LogP contribution in [0, 0.1) is 0 Å². The first kappa shape index (κ1) is 16.3. The Labute approximate surface area is 152 Å². The fourth-order valence-electron chi connectivity index (χ4n) is 2.58. The molecule has 1 aromatic carbocycles. The van der Waals surface area contributed by atoms with E-state index in [1.807, 2.05) is 30.3 Å². The fraction of sp³-hybridized carbons (Fsp3) is 0.111. The summed E-state index contributed by atoms with van der Waals surface area (Å²) >= 11 is 1.05. The highest BCUT2D eigenvalue weighted by molar-refractivity contribution is 7.99. The number of aliphatic imine (C=N–C) groups is 1. The third-order valence-electron chi connectivity index (χ3n) is 3.77. The van der Waals surface area contributed by atoms with Crippen LogP contribution >= 0.6 is 11.8 Å². The fourth-order valence-corrected chi connectivity index (χ4v) is 3.09. The molecule has 7 nitrogen and oxygen atoms in total. The number of hydrogen-bond acceptors (Lipinski definition) is 6. The van der Waals surface area contributed by atoms with E-state index in [0.29, 0.717) is 16.7 Å². The molecular formula is C18H14N4O3S. The average Bonchev–Trinajstić information content (AvgIpc) is 3.24. The Morgan fingerprint density at radius 2 is 2.15 bits per heavy atom. The monoisotopic (exact) mass is 366 g/mol. The number of rotatable bonds is 5. The molecule has 0 radical (unpaired) electrons. The second-order valence-corrected chi connectivity index (χ2v) is 6.51. The van der Waals surface area contributed by atoms with Crippen LogP contribution in [-0.2, 0) is 11.2 Å². The lowest BCUT2D eigenvalue weighted by Crippen LogP contribution is -1.97. The Bertz CT molecular complexity index is 1020. The summed E-state index contributed by atoms with van der Waals surface area (Å²) in [6, 6.07) is 9.70. The van der Waals surface area contributed by atoms with Gasteiger partial charge in [-0.15, -0.1) is 5.10 Å². The summed E-state index contributed by atoms with van der Waals surface area (Å²) < 4.78 is 5.90. The highest BCUT2D eigenvalue weighted by atomic mass is 32.2. The number of furan rings is 1. The second kappa shape index (κ2) is 7.01. The van der Waals surface area contributed by atoms with Gasteiger partial charge < -0.3 is 9.52 Å². The maximum absolute atomic E-state index is 10.6. The Balaban J connectivity index is 1.57. The number of carboxylic acids is 1. The van der Waals surface area contributed by atoms with Crippen LogP contribution in [0.4, 0.5) is 5.69 Å². The number of aromatic nitrogens is 3. The number of carboxylic acid groups (broad SMARTS) is 1. The van der Waals surface area contributed by atoms with Gasteiger partial charge in [0.15, 0.2) is 11.6 Å². The number of carbonyl (C=O) groups is 1. The molecule has 1 aliphatic heterocycles. The van der Waals surface area contributed by atoms with Crippen molar-refractivity contribution in [1.29, 1.82) is 0 Å². The molecule has 2 aromatic heterocycles. The highest BCUT2D eigenvalue weighted by Crippen LogP contribution is 2.31. The maximum atomic E-state index is 10.6. The van der Waals surface area contributed by atoms with Crippen molar-refractivity contribution in [1.82, 2.24) is 15.2 Å². The molecule has 0 saturated heterocycles. The highest BCUT2D eigenvalue weighted by Gasteiger charge is 2.13. The van der Waals surface area contributed by atoms with Crippen LogP contribution < -0.4 is 0 Å². The molecular weight excluding hydrogens is 352 g/mol. The Hall–Kier alpha value is -3.13. The van der Waals surface area contributed by atoms with E-state index in [9.17, 15) is 4.79 Å². The van der Waals surface area contributed by atoms with E-state index >= 15 is 0 Å². The molecule has 3 aromatic rings. The lowest BCUT2D eigenvalue weighted by atomic mass is 10.0. The van der Waals surface area contributed by atoms with Crippen molar-refractivity contribution in [2.24, 2.45) is 4.99 Å². The Kier molecular flexibility index (Phi) is 4.40. The second-order valence-electron chi connectivity index (χ2n) is 5.57. The first-order chi connectivity index (χ1) is 12.7. The van der Waals surface area contributed by atoms with Gasteiger partial charge in [0.1, 0.15) is 5.76 Å². The lowest BCUT2D eigenvalue weighted by molar-refractivity contribution is -0.133. The van der Waals surface area contributed by atoms with Gasteiger partial charge in [-0.2, -0.15) is 4.98 Å². The quantitative estimate of drug-likeness (QED) is 0.667. The number of nitrogens with zero attached hydrogens (tertiary/aromatic N) is 3. The zero-order chi connectivity index (χ0) is 17.9. The van der Waals surface area contributed by atoms with E-state index in [-0.39, 0.29) is 5.75 Å². The number of aromatic amines is 1. The first-order valence-corrected chi connectivity index (χ1v) is 8.87. The van der Waals surface area contributed by atoms with Crippen LogP contribution in [-0.4, -0.2) is 38.2 Å². The smallest absolute Gasteiger partial charge is 0.313 e. The van der Waals surface area contributed by atoms with Gasteiger partial charge in [0.05, 0.1) is 11.4 Å². The predicted molar refractivity (Wildman–Crippen MR) is 98.9 cm³/mol. The molecule has 0 spiro atoms. The molecule has 3 heterocycles. The molecule has 26 heavy (non-hydrogen) atoms. The summed E-state index contributed by atoms with van der Waals surface area (Å²) in [7, 11) is 0. The topological polar surface area (TPSA) is 104 Å². The third kappa shape index (κ3) is 3.45. The van der Waals surface area contributed by atoms with Crippen molar-refractivity contribution in [2.75, 3.05) is 5.75 Å². The third-order valence-corrected chi connectivity index (χ3v) is 4.60. The van der Waals surface area contributed by atoms with Gasteiger partial charge in [-0.25, -0.2) is 0 Å². The van der Waals surface area contributed by atoms with E-state index in [0.717, 1.165) is 40.8 Å². The number of hydrogen-bond donors (Lipinski definition) is 2. The molecule has 8 heteroatoms. The Morgan fingerprint density at radius 3 is 3.04 bits per heavy atom. The Morgan fingerprint density at radius 1 is 1.27 bits per heavy atom. The number of nitrogens with one attached hydrogen (secondary N) is 1. The summed E-state index contributed by atoms with van der Waals surface area (Å²) in [4.78, 5) is 19.3. The van der Waals surface area contributed by atoms with Crippen LogP contribution in [0.3, 0.4) is 0 Å². The number of thioether (sulfide) groups is 1. The van der Waals surface area contributed by atoms with Crippen LogP contribution in [0.2, 0.25) is 0 Å². The predicted octanol–water partition coefficient (Wildman–Crippen LogP) is 3.72. The van der Waals surface area contributed by atoms with Crippen molar-refractivity contribution in [3.05, 3.63) is 48.0 Å². The number of allylic oxidation sites excluding steroid dienone is 2. The number of aliphatic carboxylic acids is 1. The van der Waals surface area contributed by atoms with Crippen molar-refractivity contribution >= 4 is 29.6 Å². The van der Waals surface area contributed by atoms with Crippen LogP contribution in [0.1, 0.15) is 5.56 Å². The van der Waals surface area contributed by atoms with Crippen LogP contribution in [0.5, 0.6) is 0 Å². The molecule has 1 aliphatic rings. The summed E-state index contributed by atoms with van der Waals surface area (Å²) in [6.07, 6.45) is 6.62. The summed E-state index contributed by atoms with van der Waals surface area (Å²) in [5.41, 5.74) is 3.05. The van der Waals surface area contributed by atoms with E-state index in [4.69, 9.17) is 9.52 Å². The molecule has 0 aliphatic carbocycles. The summed E-state index contributed by atoms with van der Waals surface area (Å²) in [5, 5.41) is 15.8. The van der Waals surface area contributed by atoms with Crippen molar-refractivity contribution in [2.45, 2.75) is 11.6 Å². The normalized spacial score (nSPS) is 12.8. The lowest BCUT2D eigenvalue weighted by Gasteiger charge is -2.04. The SMILES string of the molecule is O=C(O)CSc1n[nH]c(-c2ccc(-c3ccc4c(c3)CC=CC=N4)o2)n1. The standard InChI is InChI=1S/C18H14N4O3S/c23-16(24)10-26-18-20-17(21-22-18)15-7-6-14(25-15)12-4-5-13-11(9-12)3-1-2-8-19-13/h1-2,4-9H,3,10H2,(H,23,24)(H,20,21,22). The molecule has 0 amide bonds. The van der Waals surface area contributed by atoms with E-state index in [1.54, 1.807) is 6.21 Å². The largest absolute Gasteiger partial charge is 0.481 e. The molecule has 0 unspecified atom stereocenters. The summed E-state index contributed by atoms with van der Waals surface area (Å²) in [6.45, 7) is 0. The number of H-pyrrole nitrogens is 1. The van der Waals surface area contributed by atoms with Crippen molar-refractivity contribution < 1.29 is 14.3 Å². The van der Waals surface area contributed by atoms with E-state index in [2.05, 4.69) is 32.3 Å². The molecule has 0 saturated carbocycles. The minimum atomic E-state index is -0.913. The minimum absolute atomic E-state index is 0.0905. The van der Waals surface area contributed by atoms with Gasteiger partial charge in [-0.05, 0) is 48.4 Å². The van der Waals surface area contributed by atoms with Gasteiger partial charge >= 0.3 is 5.97 Å². The van der Waals surface area contributed by atoms with Crippen LogP contribution in [0.15, 0.2) is 57.0 Å². The maximum Gasteiger partial charge on any atom is 0.313 e. The van der Waals surface area contributed by atoms with Gasteiger partial charge in [-0.1, -0.05) is 17.8 Å². The molecule has 4 rings (SSSR count). The number of fused-ring (bicyclic) bond motifs is 1. The van der Waals surface area contributed by atoms with Gasteiger partial charge in [-0.3, -0.25) is 14.9 Å². The first-order valence-electron chi connectivity index (χ1n) is 7.89. The molecule has 0 bridgehead atoms. The molecule has 130 valence electrons. The molecule has 2 N–H and O–H groups in total.